The van der Waals surface area contributed by atoms with Crippen molar-refractivity contribution in [2.45, 2.75) is 66.2 Å². The van der Waals surface area contributed by atoms with Gasteiger partial charge >= 0.3 is 0 Å². The van der Waals surface area contributed by atoms with Gasteiger partial charge in [0.2, 0.25) is 0 Å². The second-order valence-electron chi connectivity index (χ2n) is 5.20. The lowest BCUT2D eigenvalue weighted by Gasteiger charge is -2.20. The van der Waals surface area contributed by atoms with E-state index in [-0.39, 0.29) is 0 Å². The van der Waals surface area contributed by atoms with Gasteiger partial charge in [0.05, 0.1) is 5.76 Å². The first kappa shape index (κ1) is 15.5. The highest BCUT2D eigenvalue weighted by Gasteiger charge is 2.14. The molecule has 0 aliphatic heterocycles. The zero-order valence-corrected chi connectivity index (χ0v) is 11.6. The van der Waals surface area contributed by atoms with E-state index >= 15 is 0 Å². The van der Waals surface area contributed by atoms with Gasteiger partial charge in [0.1, 0.15) is 0 Å². The van der Waals surface area contributed by atoms with Gasteiger partial charge in [-0.15, -0.1) is 0 Å². The molecule has 0 aromatic rings. The minimum Gasteiger partial charge on any atom is -0.513 e. The van der Waals surface area contributed by atoms with Crippen molar-refractivity contribution in [3.05, 3.63) is 12.3 Å². The Morgan fingerprint density at radius 2 is 1.62 bits per heavy atom. The lowest BCUT2D eigenvalue weighted by atomic mass is 9.86. The minimum absolute atomic E-state index is 0.309. The minimum atomic E-state index is 0.309. The third-order valence-electron chi connectivity index (χ3n) is 3.86. The van der Waals surface area contributed by atoms with Crippen LogP contribution in [0.25, 0.3) is 0 Å². The number of aliphatic hydroxyl groups is 1. The van der Waals surface area contributed by atoms with Crippen LogP contribution in [0.2, 0.25) is 0 Å². The zero-order valence-electron chi connectivity index (χ0n) is 11.6. The Hall–Kier alpha value is -0.460. The van der Waals surface area contributed by atoms with Crippen LogP contribution in [0.15, 0.2) is 12.3 Å². The van der Waals surface area contributed by atoms with E-state index in [0.29, 0.717) is 11.7 Å². The molecule has 0 saturated heterocycles. The molecule has 1 nitrogen and oxygen atoms in total. The molecular formula is C15H30O. The molecule has 0 fully saturated rings. The van der Waals surface area contributed by atoms with Crippen molar-refractivity contribution >= 4 is 0 Å². The molecular weight excluding hydrogens is 196 g/mol. The third-order valence-corrected chi connectivity index (χ3v) is 3.86. The van der Waals surface area contributed by atoms with Gasteiger partial charge in [-0.05, 0) is 31.1 Å². The maximum absolute atomic E-state index is 9.40. The van der Waals surface area contributed by atoms with Crippen LogP contribution in [0, 0.1) is 17.8 Å². The molecule has 0 aliphatic rings. The molecule has 0 radical (unpaired) electrons. The normalized spacial score (nSPS) is 15.1. The molecule has 0 spiro atoms. The summed E-state index contributed by atoms with van der Waals surface area (Å²) in [4.78, 5) is 0. The number of rotatable bonds is 9. The number of aliphatic hydroxyl groups excluding tert-OH is 1. The highest BCUT2D eigenvalue weighted by Crippen LogP contribution is 2.26. The maximum Gasteiger partial charge on any atom is 0.0881 e. The molecule has 2 atom stereocenters. The molecule has 0 aliphatic carbocycles. The molecule has 0 amide bonds. The van der Waals surface area contributed by atoms with Crippen molar-refractivity contribution in [2.24, 2.45) is 17.8 Å². The predicted octanol–water partition coefficient (Wildman–Crippen LogP) is 5.33. The Morgan fingerprint density at radius 3 is 2.00 bits per heavy atom. The zero-order chi connectivity index (χ0) is 12.6. The Balaban J connectivity index is 3.87. The second-order valence-corrected chi connectivity index (χ2v) is 5.20. The van der Waals surface area contributed by atoms with E-state index in [1.807, 2.05) is 0 Å². The Kier molecular flexibility index (Phi) is 8.42. The molecule has 0 aromatic carbocycles. The number of allylic oxidation sites excluding steroid dienone is 1. The monoisotopic (exact) mass is 226 g/mol. The fourth-order valence-corrected chi connectivity index (χ4v) is 2.40. The van der Waals surface area contributed by atoms with Gasteiger partial charge < -0.3 is 5.11 Å². The van der Waals surface area contributed by atoms with Crippen molar-refractivity contribution < 1.29 is 5.11 Å². The van der Waals surface area contributed by atoms with Crippen molar-refractivity contribution in [2.75, 3.05) is 0 Å². The van der Waals surface area contributed by atoms with Gasteiger partial charge in [-0.3, -0.25) is 0 Å². The summed E-state index contributed by atoms with van der Waals surface area (Å²) in [6.45, 7) is 12.7. The molecule has 16 heavy (non-hydrogen) atoms. The predicted molar refractivity (Wildman–Crippen MR) is 72.6 cm³/mol. The summed E-state index contributed by atoms with van der Waals surface area (Å²) in [5.41, 5.74) is 0. The topological polar surface area (TPSA) is 20.2 Å². The summed E-state index contributed by atoms with van der Waals surface area (Å²) in [7, 11) is 0. The summed E-state index contributed by atoms with van der Waals surface area (Å²) >= 11 is 0. The highest BCUT2D eigenvalue weighted by molar-refractivity contribution is 4.87. The third kappa shape index (κ3) is 6.19. The van der Waals surface area contributed by atoms with Crippen LogP contribution in [-0.4, -0.2) is 5.11 Å². The fourth-order valence-electron chi connectivity index (χ4n) is 2.40. The average Bonchev–Trinajstić information content (AvgIpc) is 2.26. The first-order valence-electron chi connectivity index (χ1n) is 6.92. The van der Waals surface area contributed by atoms with Gasteiger partial charge in [-0.1, -0.05) is 53.5 Å². The lowest BCUT2D eigenvalue weighted by molar-refractivity contribution is 0.285. The van der Waals surface area contributed by atoms with Gasteiger partial charge in [-0.25, -0.2) is 0 Å². The first-order chi connectivity index (χ1) is 7.54. The Morgan fingerprint density at radius 1 is 1.06 bits per heavy atom. The largest absolute Gasteiger partial charge is 0.513 e. The van der Waals surface area contributed by atoms with Crippen LogP contribution in [0.5, 0.6) is 0 Å². The molecule has 1 heteroatoms. The standard InChI is InChI=1S/C15H30O/c1-6-14(7-2)11-12(4)9-10-15(8-3)13(5)16/h12,14-16H,5-11H2,1-4H3/t12?,15-/m1/s1. The summed E-state index contributed by atoms with van der Waals surface area (Å²) in [6.07, 6.45) is 7.24. The quantitative estimate of drug-likeness (QED) is 0.527. The van der Waals surface area contributed by atoms with E-state index in [9.17, 15) is 5.11 Å². The van der Waals surface area contributed by atoms with Gasteiger partial charge in [0.25, 0.3) is 0 Å². The van der Waals surface area contributed by atoms with E-state index in [4.69, 9.17) is 0 Å². The second kappa shape index (κ2) is 8.66. The number of hydrogen-bond acceptors (Lipinski definition) is 1. The van der Waals surface area contributed by atoms with E-state index in [2.05, 4.69) is 34.3 Å². The lowest BCUT2D eigenvalue weighted by Crippen LogP contribution is -2.08. The van der Waals surface area contributed by atoms with Gasteiger partial charge in [0.15, 0.2) is 0 Å². The summed E-state index contributed by atoms with van der Waals surface area (Å²) < 4.78 is 0. The van der Waals surface area contributed by atoms with Gasteiger partial charge in [0, 0.05) is 5.92 Å². The molecule has 0 aromatic heterocycles. The Labute approximate surface area is 102 Å². The molecule has 0 saturated carbocycles. The first-order valence-corrected chi connectivity index (χ1v) is 6.92. The number of hydrogen-bond donors (Lipinski definition) is 1. The van der Waals surface area contributed by atoms with E-state index in [0.717, 1.165) is 24.7 Å². The van der Waals surface area contributed by atoms with Crippen LogP contribution in [0.4, 0.5) is 0 Å². The van der Waals surface area contributed by atoms with E-state index in [1.54, 1.807) is 0 Å². The Bertz CT molecular complexity index is 182. The van der Waals surface area contributed by atoms with Crippen LogP contribution >= 0.6 is 0 Å². The molecule has 96 valence electrons. The van der Waals surface area contributed by atoms with Crippen molar-refractivity contribution in [3.8, 4) is 0 Å². The molecule has 0 heterocycles. The summed E-state index contributed by atoms with van der Waals surface area (Å²) in [6, 6.07) is 0. The van der Waals surface area contributed by atoms with Gasteiger partial charge in [-0.2, -0.15) is 0 Å². The van der Waals surface area contributed by atoms with Crippen molar-refractivity contribution in [1.82, 2.24) is 0 Å². The van der Waals surface area contributed by atoms with E-state index in [1.165, 1.54) is 25.7 Å². The highest BCUT2D eigenvalue weighted by atomic mass is 16.3. The molecule has 0 rings (SSSR count). The van der Waals surface area contributed by atoms with Crippen molar-refractivity contribution in [3.63, 3.8) is 0 Å². The maximum atomic E-state index is 9.40. The van der Waals surface area contributed by atoms with Crippen molar-refractivity contribution in [1.29, 1.82) is 0 Å². The summed E-state index contributed by atoms with van der Waals surface area (Å²) in [5, 5.41) is 9.40. The van der Waals surface area contributed by atoms with Crippen LogP contribution in [0.3, 0.4) is 0 Å². The fraction of sp³-hybridized carbons (Fsp3) is 0.867. The molecule has 1 unspecified atom stereocenters. The SMILES string of the molecule is C=C(O)[C@H](CC)CCC(C)CC(CC)CC. The van der Waals surface area contributed by atoms with E-state index < -0.39 is 0 Å². The van der Waals surface area contributed by atoms with Crippen LogP contribution in [-0.2, 0) is 0 Å². The summed E-state index contributed by atoms with van der Waals surface area (Å²) in [5.74, 6) is 2.34. The molecule has 0 bridgehead atoms. The molecule has 1 N–H and O–H groups in total. The van der Waals surface area contributed by atoms with Crippen LogP contribution < -0.4 is 0 Å². The smallest absolute Gasteiger partial charge is 0.0881 e. The average molecular weight is 226 g/mol. The van der Waals surface area contributed by atoms with Crippen LogP contribution in [0.1, 0.15) is 66.2 Å².